The number of hydrogen-bond donors (Lipinski definition) is 1. The molecule has 0 saturated carbocycles. The highest BCUT2D eigenvalue weighted by Gasteiger charge is 2.39. The minimum Gasteiger partial charge on any atom is -0.487 e. The number of ether oxygens (including phenoxy) is 3. The van der Waals surface area contributed by atoms with Crippen LogP contribution in [0, 0.1) is 23.4 Å². The van der Waals surface area contributed by atoms with Crippen molar-refractivity contribution in [3.05, 3.63) is 53.4 Å². The molecular weight excluding hydrogens is 619 g/mol. The van der Waals surface area contributed by atoms with E-state index < -0.39 is 41.1 Å². The molecule has 0 bridgehead atoms. The molecule has 2 fully saturated rings. The Kier molecular flexibility index (Phi) is 10.1. The van der Waals surface area contributed by atoms with E-state index in [1.165, 1.54) is 0 Å². The molecule has 15 heteroatoms. The molecule has 2 aromatic heterocycles. The molecule has 256 valence electrons. The van der Waals surface area contributed by atoms with Crippen LogP contribution < -0.4 is 19.9 Å². The molecule has 47 heavy (non-hydrogen) atoms. The topological polar surface area (TPSA) is 128 Å². The van der Waals surface area contributed by atoms with Crippen molar-refractivity contribution in [2.24, 2.45) is 5.92 Å². The van der Waals surface area contributed by atoms with Gasteiger partial charge in [-0.3, -0.25) is 0 Å². The maximum atomic E-state index is 14.9. The van der Waals surface area contributed by atoms with Gasteiger partial charge in [0.15, 0.2) is 23.2 Å². The maximum Gasteiger partial charge on any atom is 0.407 e. The van der Waals surface area contributed by atoms with Crippen LogP contribution >= 0.6 is 0 Å². The number of amides is 1. The number of methoxy groups -OCH3 is 1. The van der Waals surface area contributed by atoms with Crippen LogP contribution in [0.25, 0.3) is 0 Å². The third-order valence-corrected chi connectivity index (χ3v) is 8.41. The van der Waals surface area contributed by atoms with Crippen LogP contribution in [0.4, 0.5) is 29.9 Å². The molecule has 4 heterocycles. The molecule has 5 rings (SSSR count). The smallest absolute Gasteiger partial charge is 0.407 e. The van der Waals surface area contributed by atoms with Crippen molar-refractivity contribution < 1.29 is 36.7 Å². The number of nitrogens with one attached hydrogen (secondary N) is 1. The summed E-state index contributed by atoms with van der Waals surface area (Å²) in [7, 11) is 1.67. The number of carbonyl (C=O) groups is 1. The van der Waals surface area contributed by atoms with Gasteiger partial charge >= 0.3 is 12.1 Å². The number of anilines is 2. The Bertz CT molecular complexity index is 1530. The molecule has 2 aliphatic heterocycles. The third kappa shape index (κ3) is 8.06. The van der Waals surface area contributed by atoms with Crippen molar-refractivity contribution in [2.75, 3.05) is 43.1 Å². The van der Waals surface area contributed by atoms with Crippen molar-refractivity contribution in [1.82, 2.24) is 25.4 Å². The second-order valence-corrected chi connectivity index (χ2v) is 13.4. The summed E-state index contributed by atoms with van der Waals surface area (Å²) in [4.78, 5) is 29.8. The van der Waals surface area contributed by atoms with Crippen molar-refractivity contribution in [1.29, 1.82) is 0 Å². The van der Waals surface area contributed by atoms with Gasteiger partial charge in [-0.15, -0.1) is 0 Å². The Balaban J connectivity index is 1.25. The third-order valence-electron chi connectivity index (χ3n) is 8.41. The predicted molar refractivity (Wildman–Crippen MR) is 166 cm³/mol. The summed E-state index contributed by atoms with van der Waals surface area (Å²) in [6, 6.07) is 1.11. The fourth-order valence-electron chi connectivity index (χ4n) is 6.03. The van der Waals surface area contributed by atoms with Gasteiger partial charge < -0.3 is 33.9 Å². The average Bonchev–Trinajstić information content (AvgIpc) is 3.66. The zero-order chi connectivity index (χ0) is 34.0. The Hall–Kier alpha value is -4.14. The summed E-state index contributed by atoms with van der Waals surface area (Å²) in [5, 5.41) is 6.82. The number of halogens is 3. The second kappa shape index (κ2) is 13.9. The minimum absolute atomic E-state index is 0.0634. The van der Waals surface area contributed by atoms with Gasteiger partial charge in [0, 0.05) is 57.1 Å². The number of aromatic nitrogens is 4. The van der Waals surface area contributed by atoms with Crippen molar-refractivity contribution in [3.63, 3.8) is 0 Å². The lowest BCUT2D eigenvalue weighted by Gasteiger charge is -2.39. The summed E-state index contributed by atoms with van der Waals surface area (Å²) in [5.41, 5.74) is -0.841. The number of carbonyl (C=O) groups excluding carboxylic acids is 1. The summed E-state index contributed by atoms with van der Waals surface area (Å²) in [5.74, 6) is -2.49. The van der Waals surface area contributed by atoms with Crippen molar-refractivity contribution in [2.45, 2.75) is 83.6 Å². The lowest BCUT2D eigenvalue weighted by Crippen LogP contribution is -2.49. The molecule has 0 spiro atoms. The first-order valence-electron chi connectivity index (χ1n) is 15.7. The molecule has 1 aromatic carbocycles. The standard InChI is InChI=1S/C32H42F3N7O5/c1-17(2)28-39-30(47-40-28)41-9-8-20(27(16-41)44-7)18(3)45-19-12-36-29(37-13-19)42-14-22(21-10-24(34)25(35)11-23(21)33)26(15-42)38-31(43)46-32(4,5)6/h10-13,17-18,20,22,26-27H,8-9,14-16H2,1-7H3,(H,38,43)/t18?,20-,22+,26-,27+/m0/s1. The van der Waals surface area contributed by atoms with Crippen molar-refractivity contribution >= 4 is 18.1 Å². The second-order valence-electron chi connectivity index (χ2n) is 13.4. The van der Waals surface area contributed by atoms with E-state index in [0.717, 1.165) is 12.5 Å². The van der Waals surface area contributed by atoms with Gasteiger partial charge in [0.25, 0.3) is 0 Å². The quantitative estimate of drug-likeness (QED) is 0.304. The van der Waals surface area contributed by atoms with Gasteiger partial charge in [-0.1, -0.05) is 19.0 Å². The molecular formula is C32H42F3N7O5. The van der Waals surface area contributed by atoms with Crippen LogP contribution in [0.15, 0.2) is 29.0 Å². The van der Waals surface area contributed by atoms with E-state index in [9.17, 15) is 18.0 Å². The number of piperidine rings is 1. The predicted octanol–water partition coefficient (Wildman–Crippen LogP) is 5.21. The highest BCUT2D eigenvalue weighted by atomic mass is 19.2. The number of hydrogen-bond acceptors (Lipinski definition) is 11. The Morgan fingerprint density at radius 1 is 1.02 bits per heavy atom. The molecule has 1 unspecified atom stereocenters. The van der Waals surface area contributed by atoms with Crippen LogP contribution in [0.3, 0.4) is 0 Å². The van der Waals surface area contributed by atoms with E-state index in [-0.39, 0.29) is 42.7 Å². The summed E-state index contributed by atoms with van der Waals surface area (Å²) < 4.78 is 65.7. The van der Waals surface area contributed by atoms with E-state index in [1.54, 1.807) is 45.2 Å². The fraction of sp³-hybridized carbons (Fsp3) is 0.594. The van der Waals surface area contributed by atoms with Gasteiger partial charge in [0.05, 0.1) is 24.5 Å². The summed E-state index contributed by atoms with van der Waals surface area (Å²) >= 11 is 0. The maximum absolute atomic E-state index is 14.9. The Morgan fingerprint density at radius 2 is 1.72 bits per heavy atom. The summed E-state index contributed by atoms with van der Waals surface area (Å²) in [6.07, 6.45) is 2.75. The molecule has 1 amide bonds. The lowest BCUT2D eigenvalue weighted by molar-refractivity contribution is -0.00805. The fourth-order valence-corrected chi connectivity index (χ4v) is 6.03. The van der Waals surface area contributed by atoms with Crippen LogP contribution in [-0.4, -0.2) is 83.3 Å². The van der Waals surface area contributed by atoms with Crippen molar-refractivity contribution in [3.8, 4) is 5.75 Å². The highest BCUT2D eigenvalue weighted by Crippen LogP contribution is 2.34. The highest BCUT2D eigenvalue weighted by molar-refractivity contribution is 5.68. The normalized spacial score (nSPS) is 22.4. The summed E-state index contributed by atoms with van der Waals surface area (Å²) in [6.45, 7) is 12.7. The Morgan fingerprint density at radius 3 is 2.36 bits per heavy atom. The number of benzene rings is 1. The largest absolute Gasteiger partial charge is 0.487 e. The molecule has 5 atom stereocenters. The molecule has 0 radical (unpaired) electrons. The first-order chi connectivity index (χ1) is 22.2. The van der Waals surface area contributed by atoms with Crippen LogP contribution in [0.5, 0.6) is 5.75 Å². The van der Waals surface area contributed by atoms with Gasteiger partial charge in [0.2, 0.25) is 5.95 Å². The zero-order valence-electron chi connectivity index (χ0n) is 27.7. The van der Waals surface area contributed by atoms with Gasteiger partial charge in [-0.2, -0.15) is 4.98 Å². The molecule has 2 saturated heterocycles. The first-order valence-corrected chi connectivity index (χ1v) is 15.7. The van der Waals surface area contributed by atoms with Gasteiger partial charge in [-0.05, 0) is 45.7 Å². The number of alkyl carbamates (subject to hydrolysis) is 1. The average molecular weight is 662 g/mol. The van der Waals surface area contributed by atoms with E-state index in [1.807, 2.05) is 25.7 Å². The SMILES string of the molecule is CO[C@@H]1CN(c2nc(C(C)C)no2)CC[C@H]1C(C)Oc1cnc(N2C[C@H](NC(=O)OC(C)(C)C)[C@@H](c3cc(F)c(F)cc3F)C2)nc1. The van der Waals surface area contributed by atoms with Crippen LogP contribution in [0.1, 0.15) is 71.2 Å². The molecule has 1 N–H and O–H groups in total. The monoisotopic (exact) mass is 661 g/mol. The number of nitrogens with zero attached hydrogens (tertiary/aromatic N) is 6. The van der Waals surface area contributed by atoms with E-state index in [0.29, 0.717) is 42.7 Å². The van der Waals surface area contributed by atoms with E-state index >= 15 is 0 Å². The molecule has 2 aliphatic rings. The molecule has 3 aromatic rings. The Labute approximate surface area is 272 Å². The number of rotatable bonds is 9. The minimum atomic E-state index is -1.29. The molecule has 0 aliphatic carbocycles. The van der Waals surface area contributed by atoms with Gasteiger partial charge in [0.1, 0.15) is 17.5 Å². The first kappa shape index (κ1) is 34.2. The van der Waals surface area contributed by atoms with Crippen LogP contribution in [-0.2, 0) is 9.47 Å². The lowest BCUT2D eigenvalue weighted by atomic mass is 9.89. The zero-order valence-corrected chi connectivity index (χ0v) is 27.7. The van der Waals surface area contributed by atoms with Gasteiger partial charge in [-0.25, -0.2) is 27.9 Å². The van der Waals surface area contributed by atoms with Crippen LogP contribution in [0.2, 0.25) is 0 Å². The molecule has 12 nitrogen and oxygen atoms in total. The van der Waals surface area contributed by atoms with E-state index in [2.05, 4.69) is 25.4 Å². The van der Waals surface area contributed by atoms with E-state index in [4.69, 9.17) is 18.7 Å².